The Hall–Kier alpha value is -3.22. The molecule has 13 heteroatoms. The smallest absolute Gasteiger partial charge is 0.413 e. The van der Waals surface area contributed by atoms with Crippen molar-refractivity contribution in [2.75, 3.05) is 25.1 Å². The van der Waals surface area contributed by atoms with Crippen LogP contribution in [-0.4, -0.2) is 57.0 Å². The summed E-state index contributed by atoms with van der Waals surface area (Å²) in [6.45, 7) is 7.86. The molecule has 4 rings (SSSR count). The quantitative estimate of drug-likeness (QED) is 0.259. The number of carbonyl (C=O) groups excluding carboxylic acids is 1. The lowest BCUT2D eigenvalue weighted by Crippen LogP contribution is -2.52. The highest BCUT2D eigenvalue weighted by molar-refractivity contribution is 7.93. The molecule has 1 aliphatic heterocycles. The van der Waals surface area contributed by atoms with Gasteiger partial charge in [0.25, 0.3) is 10.0 Å². The molecule has 0 bridgehead atoms. The molecular weight excluding hydrogens is 602 g/mol. The number of methoxy groups -OCH3 is 2. The molecule has 228 valence electrons. The number of likely N-dealkylation sites (tertiary alicyclic amines) is 1. The van der Waals surface area contributed by atoms with E-state index in [0.29, 0.717) is 23.6 Å². The Bertz CT molecular complexity index is 1490. The van der Waals surface area contributed by atoms with E-state index in [1.807, 2.05) is 27.7 Å². The van der Waals surface area contributed by atoms with E-state index in [0.717, 1.165) is 12.8 Å². The normalized spacial score (nSPS) is 17.5. The predicted octanol–water partition coefficient (Wildman–Crippen LogP) is 6.58. The van der Waals surface area contributed by atoms with Gasteiger partial charge in [0.1, 0.15) is 22.8 Å². The minimum atomic E-state index is -4.12. The first-order valence-corrected chi connectivity index (χ1v) is 16.1. The molecule has 1 aromatic heterocycles. The maximum Gasteiger partial charge on any atom is 0.413 e. The molecule has 2 heterocycles. The number of sulfonamides is 1. The fourth-order valence-corrected chi connectivity index (χ4v) is 7.17. The first-order valence-electron chi connectivity index (χ1n) is 13.4. The molecule has 2 aromatic carbocycles. The summed E-state index contributed by atoms with van der Waals surface area (Å²) < 4.78 is 51.8. The van der Waals surface area contributed by atoms with Gasteiger partial charge in [-0.15, -0.1) is 11.3 Å². The van der Waals surface area contributed by atoms with Crippen LogP contribution < -0.4 is 18.5 Å². The maximum atomic E-state index is 14.0. The van der Waals surface area contributed by atoms with Gasteiger partial charge in [0.05, 0.1) is 30.7 Å². The van der Waals surface area contributed by atoms with Gasteiger partial charge in [0.2, 0.25) is 0 Å². The first-order chi connectivity index (χ1) is 19.8. The summed E-state index contributed by atoms with van der Waals surface area (Å²) in [5.41, 5.74) is -0.0357. The minimum Gasteiger partial charge on any atom is -0.497 e. The molecule has 1 fully saturated rings. The number of benzene rings is 2. The highest BCUT2D eigenvalue weighted by Gasteiger charge is 2.37. The molecule has 42 heavy (non-hydrogen) atoms. The van der Waals surface area contributed by atoms with Crippen LogP contribution in [-0.2, 0) is 21.3 Å². The van der Waals surface area contributed by atoms with Crippen LogP contribution in [0.1, 0.15) is 46.1 Å². The topological polar surface area (TPSA) is 108 Å². The zero-order valence-electron chi connectivity index (χ0n) is 24.5. The van der Waals surface area contributed by atoms with E-state index in [4.69, 9.17) is 30.5 Å². The number of amides is 1. The van der Waals surface area contributed by atoms with Crippen molar-refractivity contribution in [3.8, 4) is 17.2 Å². The van der Waals surface area contributed by atoms with Gasteiger partial charge in [-0.1, -0.05) is 18.5 Å². The van der Waals surface area contributed by atoms with Crippen molar-refractivity contribution in [2.24, 2.45) is 5.92 Å². The molecule has 0 N–H and O–H groups in total. The maximum absolute atomic E-state index is 14.0. The molecule has 10 nitrogen and oxygen atoms in total. The number of nitrogens with zero attached hydrogens (tertiary/aromatic N) is 3. The molecule has 0 saturated carbocycles. The second-order valence-electron chi connectivity index (χ2n) is 10.9. The number of hydrogen-bond acceptors (Lipinski definition) is 9. The van der Waals surface area contributed by atoms with Crippen molar-refractivity contribution in [3.63, 3.8) is 0 Å². The Morgan fingerprint density at radius 1 is 1.14 bits per heavy atom. The fraction of sp³-hybridized carbons (Fsp3) is 0.448. The average molecular weight is 638 g/mol. The van der Waals surface area contributed by atoms with Crippen LogP contribution in [0.15, 0.2) is 52.9 Å². The van der Waals surface area contributed by atoms with Gasteiger partial charge in [-0.3, -0.25) is 4.90 Å². The van der Waals surface area contributed by atoms with Gasteiger partial charge in [-0.25, -0.2) is 22.5 Å². The van der Waals surface area contributed by atoms with E-state index in [1.165, 1.54) is 41.0 Å². The third-order valence-corrected chi connectivity index (χ3v) is 9.60. The Balaban J connectivity index is 1.63. The number of hydrogen-bond donors (Lipinski definition) is 0. The van der Waals surface area contributed by atoms with Crippen molar-refractivity contribution < 1.29 is 32.2 Å². The van der Waals surface area contributed by atoms with Crippen molar-refractivity contribution in [2.45, 2.75) is 63.8 Å². The van der Waals surface area contributed by atoms with Gasteiger partial charge in [-0.2, -0.15) is 0 Å². The summed E-state index contributed by atoms with van der Waals surface area (Å²) >= 11 is 7.81. The summed E-state index contributed by atoms with van der Waals surface area (Å²) in [5.74, 6) is 1.33. The third-order valence-electron chi connectivity index (χ3n) is 6.66. The molecule has 3 aromatic rings. The number of anilines is 1. The van der Waals surface area contributed by atoms with E-state index in [2.05, 4.69) is 4.98 Å². The number of aromatic nitrogens is 1. The van der Waals surface area contributed by atoms with Crippen LogP contribution in [0.4, 0.5) is 9.93 Å². The molecule has 2 unspecified atom stereocenters. The second-order valence-corrected chi connectivity index (χ2v) is 14.0. The molecule has 0 spiro atoms. The zero-order valence-corrected chi connectivity index (χ0v) is 26.9. The van der Waals surface area contributed by atoms with Crippen LogP contribution in [0.2, 0.25) is 5.02 Å². The number of piperidine rings is 1. The van der Waals surface area contributed by atoms with Crippen LogP contribution in [0.25, 0.3) is 0 Å². The van der Waals surface area contributed by atoms with Crippen molar-refractivity contribution in [3.05, 3.63) is 58.6 Å². The monoisotopic (exact) mass is 637 g/mol. The molecule has 1 aliphatic rings. The molecule has 1 saturated heterocycles. The SMILES string of the molecule is COc1ccc(CN(c2nccs2)S(=O)(=O)c2ccc(OC3C(C)CCCN3C(=O)OC(C)(C)C)c(Cl)c2)c(OC)c1. The van der Waals surface area contributed by atoms with E-state index in [1.54, 1.807) is 41.8 Å². The average Bonchev–Trinajstić information content (AvgIpc) is 3.47. The first kappa shape index (κ1) is 31.7. The molecular formula is C29H36ClN3O7S2. The van der Waals surface area contributed by atoms with E-state index in [-0.39, 0.29) is 33.3 Å². The van der Waals surface area contributed by atoms with E-state index >= 15 is 0 Å². The Morgan fingerprint density at radius 2 is 1.90 bits per heavy atom. The molecule has 1 amide bonds. The van der Waals surface area contributed by atoms with E-state index in [9.17, 15) is 13.2 Å². The standard InChI is InChI=1S/C29H36ClN3O7S2/c1-19-8-7-14-32(28(34)40-29(2,3)4)26(19)39-24-12-11-22(17-23(24)30)42(35,36)33(27-31-13-15-41-27)18-20-9-10-21(37-5)16-25(20)38-6/h9-13,15-17,19,26H,7-8,14,18H2,1-6H3. The van der Waals surface area contributed by atoms with Gasteiger partial charge < -0.3 is 18.9 Å². The lowest BCUT2D eigenvalue weighted by Gasteiger charge is -2.40. The minimum absolute atomic E-state index is 0.00520. The Labute approximate surface area is 256 Å². The van der Waals surface area contributed by atoms with Crippen LogP contribution in [0.3, 0.4) is 0 Å². The highest BCUT2D eigenvalue weighted by Crippen LogP contribution is 2.36. The predicted molar refractivity (Wildman–Crippen MR) is 162 cm³/mol. The van der Waals surface area contributed by atoms with Gasteiger partial charge in [0, 0.05) is 35.7 Å². The third kappa shape index (κ3) is 7.22. The lowest BCUT2D eigenvalue weighted by molar-refractivity contribution is -0.0556. The van der Waals surface area contributed by atoms with Gasteiger partial charge in [-0.05, 0) is 63.9 Å². The van der Waals surface area contributed by atoms with Gasteiger partial charge >= 0.3 is 6.09 Å². The Morgan fingerprint density at radius 3 is 2.52 bits per heavy atom. The number of carbonyl (C=O) groups is 1. The molecule has 0 aliphatic carbocycles. The van der Waals surface area contributed by atoms with Crippen LogP contribution in [0, 0.1) is 5.92 Å². The van der Waals surface area contributed by atoms with Crippen LogP contribution >= 0.6 is 22.9 Å². The Kier molecular flexibility index (Phi) is 9.79. The second kappa shape index (κ2) is 13.0. The number of thiazole rings is 1. The summed E-state index contributed by atoms with van der Waals surface area (Å²) in [6.07, 6.45) is 2.12. The van der Waals surface area contributed by atoms with Gasteiger partial charge in [0.15, 0.2) is 11.4 Å². The summed E-state index contributed by atoms with van der Waals surface area (Å²) in [4.78, 5) is 18.7. The molecule has 0 radical (unpaired) electrons. The summed E-state index contributed by atoms with van der Waals surface area (Å²) in [6, 6.07) is 9.48. The molecule has 2 atom stereocenters. The lowest BCUT2D eigenvalue weighted by atomic mass is 9.98. The van der Waals surface area contributed by atoms with Crippen molar-refractivity contribution in [1.29, 1.82) is 0 Å². The summed E-state index contributed by atoms with van der Waals surface area (Å²) in [7, 11) is -1.07. The number of ether oxygens (including phenoxy) is 4. The largest absolute Gasteiger partial charge is 0.497 e. The fourth-order valence-electron chi connectivity index (χ4n) is 4.58. The number of halogens is 1. The highest BCUT2D eigenvalue weighted by atomic mass is 35.5. The van der Waals surface area contributed by atoms with Crippen LogP contribution in [0.5, 0.6) is 17.2 Å². The zero-order chi connectivity index (χ0) is 30.7. The van der Waals surface area contributed by atoms with Crippen molar-refractivity contribution in [1.82, 2.24) is 9.88 Å². The summed E-state index contributed by atoms with van der Waals surface area (Å²) in [5, 5.41) is 2.09. The van der Waals surface area contributed by atoms with E-state index < -0.39 is 27.9 Å². The number of rotatable bonds is 9. The van der Waals surface area contributed by atoms with Crippen molar-refractivity contribution >= 4 is 44.2 Å².